The zero-order valence-electron chi connectivity index (χ0n) is 12.0. The fourth-order valence-corrected chi connectivity index (χ4v) is 4.04. The number of thiophene rings is 1. The van der Waals surface area contributed by atoms with Gasteiger partial charge in [0.25, 0.3) is 0 Å². The largest absolute Gasteiger partial charge is 0.314 e. The van der Waals surface area contributed by atoms with Crippen LogP contribution in [0.25, 0.3) is 0 Å². The molecule has 2 aliphatic rings. The number of unbranched alkanes of at least 4 members (excludes halogenated alkanes) is 2. The van der Waals surface area contributed by atoms with Crippen molar-refractivity contribution in [2.75, 3.05) is 19.6 Å². The Labute approximate surface area is 121 Å². The number of rotatable bonds is 7. The summed E-state index contributed by atoms with van der Waals surface area (Å²) in [5.74, 6) is 0. The molecule has 3 rings (SSSR count). The zero-order chi connectivity index (χ0) is 13.1. The Balaban J connectivity index is 1.34. The maximum atomic E-state index is 3.60. The Morgan fingerprint density at radius 3 is 3.05 bits per heavy atom. The topological polar surface area (TPSA) is 15.3 Å². The van der Waals surface area contributed by atoms with Crippen LogP contribution in [0.5, 0.6) is 0 Å². The summed E-state index contributed by atoms with van der Waals surface area (Å²) in [4.78, 5) is 4.29. The number of nitrogens with one attached hydrogen (secondary N) is 1. The van der Waals surface area contributed by atoms with Crippen LogP contribution in [-0.2, 0) is 6.42 Å². The van der Waals surface area contributed by atoms with Crippen molar-refractivity contribution in [2.45, 2.75) is 57.5 Å². The second-order valence-electron chi connectivity index (χ2n) is 6.05. The molecule has 1 fully saturated rings. The van der Waals surface area contributed by atoms with Gasteiger partial charge in [-0.3, -0.25) is 4.90 Å². The highest BCUT2D eigenvalue weighted by atomic mass is 32.1. The van der Waals surface area contributed by atoms with E-state index in [2.05, 4.69) is 28.6 Å². The van der Waals surface area contributed by atoms with E-state index in [1.165, 1.54) is 58.2 Å². The predicted molar refractivity (Wildman–Crippen MR) is 82.9 cm³/mol. The SMILES string of the molecule is CC1c2ccsc2CCN1CCCCCNC1CC1. The highest BCUT2D eigenvalue weighted by Gasteiger charge is 2.24. The monoisotopic (exact) mass is 278 g/mol. The van der Waals surface area contributed by atoms with Crippen LogP contribution in [0.3, 0.4) is 0 Å². The van der Waals surface area contributed by atoms with Crippen molar-refractivity contribution < 1.29 is 0 Å². The van der Waals surface area contributed by atoms with E-state index in [-0.39, 0.29) is 0 Å². The average molecular weight is 278 g/mol. The molecule has 0 amide bonds. The summed E-state index contributed by atoms with van der Waals surface area (Å²) in [6.07, 6.45) is 8.17. The van der Waals surface area contributed by atoms with Crippen LogP contribution >= 0.6 is 11.3 Å². The fourth-order valence-electron chi connectivity index (χ4n) is 3.08. The minimum atomic E-state index is 0.639. The van der Waals surface area contributed by atoms with Gasteiger partial charge in [-0.25, -0.2) is 0 Å². The molecule has 0 radical (unpaired) electrons. The molecule has 2 nitrogen and oxygen atoms in total. The smallest absolute Gasteiger partial charge is 0.0331 e. The molecule has 0 saturated heterocycles. The molecule has 3 heteroatoms. The Morgan fingerprint density at radius 1 is 1.32 bits per heavy atom. The van der Waals surface area contributed by atoms with Crippen molar-refractivity contribution in [3.63, 3.8) is 0 Å². The number of hydrogen-bond donors (Lipinski definition) is 1. The third-order valence-electron chi connectivity index (χ3n) is 4.54. The normalized spacial score (nSPS) is 23.5. The summed E-state index contributed by atoms with van der Waals surface area (Å²) >= 11 is 1.94. The third kappa shape index (κ3) is 3.59. The third-order valence-corrected chi connectivity index (χ3v) is 5.53. The van der Waals surface area contributed by atoms with E-state index in [4.69, 9.17) is 0 Å². The van der Waals surface area contributed by atoms with Crippen LogP contribution in [0.15, 0.2) is 11.4 Å². The van der Waals surface area contributed by atoms with E-state index < -0.39 is 0 Å². The van der Waals surface area contributed by atoms with Gasteiger partial charge >= 0.3 is 0 Å². The molecule has 1 aliphatic carbocycles. The molecule has 0 bridgehead atoms. The quantitative estimate of drug-likeness (QED) is 0.767. The molecule has 2 heterocycles. The summed E-state index contributed by atoms with van der Waals surface area (Å²) < 4.78 is 0. The summed E-state index contributed by atoms with van der Waals surface area (Å²) in [5, 5.41) is 5.86. The van der Waals surface area contributed by atoms with E-state index in [0.717, 1.165) is 6.04 Å². The molecular formula is C16H26N2S. The Kier molecular flexibility index (Phi) is 4.57. The lowest BCUT2D eigenvalue weighted by molar-refractivity contribution is 0.196. The predicted octanol–water partition coefficient (Wildman–Crippen LogP) is 3.59. The van der Waals surface area contributed by atoms with Gasteiger partial charge in [-0.1, -0.05) is 6.42 Å². The Bertz CT molecular complexity index is 397. The molecule has 1 unspecified atom stereocenters. The van der Waals surface area contributed by atoms with Gasteiger partial charge in [-0.2, -0.15) is 0 Å². The lowest BCUT2D eigenvalue weighted by Gasteiger charge is -2.33. The van der Waals surface area contributed by atoms with E-state index in [1.807, 2.05) is 11.3 Å². The highest BCUT2D eigenvalue weighted by Crippen LogP contribution is 2.32. The average Bonchev–Trinajstić information content (AvgIpc) is 3.11. The van der Waals surface area contributed by atoms with Crippen molar-refractivity contribution in [2.24, 2.45) is 0 Å². The first-order valence-corrected chi connectivity index (χ1v) is 8.76. The van der Waals surface area contributed by atoms with Gasteiger partial charge in [0.1, 0.15) is 0 Å². The molecular weight excluding hydrogens is 252 g/mol. The summed E-state index contributed by atoms with van der Waals surface area (Å²) in [5.41, 5.74) is 1.59. The lowest BCUT2D eigenvalue weighted by atomic mass is 10.0. The first kappa shape index (κ1) is 13.6. The maximum absolute atomic E-state index is 3.60. The van der Waals surface area contributed by atoms with Crippen LogP contribution in [0.2, 0.25) is 0 Å². The minimum Gasteiger partial charge on any atom is -0.314 e. The van der Waals surface area contributed by atoms with E-state index in [1.54, 1.807) is 10.4 Å². The van der Waals surface area contributed by atoms with Crippen LogP contribution in [-0.4, -0.2) is 30.6 Å². The molecule has 1 atom stereocenters. The van der Waals surface area contributed by atoms with E-state index >= 15 is 0 Å². The molecule has 1 saturated carbocycles. The lowest BCUT2D eigenvalue weighted by Crippen LogP contribution is -2.34. The van der Waals surface area contributed by atoms with Crippen molar-refractivity contribution in [3.05, 3.63) is 21.9 Å². The summed E-state index contributed by atoms with van der Waals surface area (Å²) in [6, 6.07) is 3.84. The van der Waals surface area contributed by atoms with Crippen molar-refractivity contribution in [1.82, 2.24) is 10.2 Å². The second-order valence-corrected chi connectivity index (χ2v) is 7.05. The second kappa shape index (κ2) is 6.38. The van der Waals surface area contributed by atoms with Gasteiger partial charge < -0.3 is 5.32 Å². The van der Waals surface area contributed by atoms with Crippen LogP contribution < -0.4 is 5.32 Å². The Hall–Kier alpha value is -0.380. The minimum absolute atomic E-state index is 0.639. The summed E-state index contributed by atoms with van der Waals surface area (Å²) in [7, 11) is 0. The van der Waals surface area contributed by atoms with Gasteiger partial charge in [-0.05, 0) is 69.1 Å². The molecule has 1 aliphatic heterocycles. The fraction of sp³-hybridized carbons (Fsp3) is 0.750. The number of hydrogen-bond acceptors (Lipinski definition) is 3. The molecule has 1 aromatic heterocycles. The van der Waals surface area contributed by atoms with Gasteiger partial charge in [-0.15, -0.1) is 11.3 Å². The first-order chi connectivity index (χ1) is 9.34. The molecule has 0 spiro atoms. The Morgan fingerprint density at radius 2 is 2.21 bits per heavy atom. The van der Waals surface area contributed by atoms with Crippen molar-refractivity contribution >= 4 is 11.3 Å². The van der Waals surface area contributed by atoms with Crippen LogP contribution in [0, 0.1) is 0 Å². The van der Waals surface area contributed by atoms with Crippen LogP contribution in [0.4, 0.5) is 0 Å². The molecule has 106 valence electrons. The number of nitrogens with zero attached hydrogens (tertiary/aromatic N) is 1. The molecule has 19 heavy (non-hydrogen) atoms. The van der Waals surface area contributed by atoms with Gasteiger partial charge in [0.2, 0.25) is 0 Å². The van der Waals surface area contributed by atoms with Gasteiger partial charge in [0, 0.05) is 23.5 Å². The van der Waals surface area contributed by atoms with Gasteiger partial charge in [0.05, 0.1) is 0 Å². The summed E-state index contributed by atoms with van der Waals surface area (Å²) in [6.45, 7) is 6.14. The van der Waals surface area contributed by atoms with Crippen molar-refractivity contribution in [1.29, 1.82) is 0 Å². The van der Waals surface area contributed by atoms with Gasteiger partial charge in [0.15, 0.2) is 0 Å². The maximum Gasteiger partial charge on any atom is 0.0331 e. The molecule has 0 aromatic carbocycles. The number of fused-ring (bicyclic) bond motifs is 1. The molecule has 1 N–H and O–H groups in total. The first-order valence-electron chi connectivity index (χ1n) is 7.88. The highest BCUT2D eigenvalue weighted by molar-refractivity contribution is 7.10. The zero-order valence-corrected chi connectivity index (χ0v) is 12.8. The van der Waals surface area contributed by atoms with E-state index in [0.29, 0.717) is 6.04 Å². The van der Waals surface area contributed by atoms with Crippen LogP contribution in [0.1, 0.15) is 55.5 Å². The van der Waals surface area contributed by atoms with E-state index in [9.17, 15) is 0 Å². The van der Waals surface area contributed by atoms with Crippen molar-refractivity contribution in [3.8, 4) is 0 Å². The standard InChI is InChI=1S/C16H26N2S/c1-13-15-8-12-19-16(15)7-11-18(13)10-4-2-3-9-17-14-5-6-14/h8,12-14,17H,2-7,9-11H2,1H3. The molecule has 1 aromatic rings.